The molecule has 2 aromatic carbocycles. The van der Waals surface area contributed by atoms with Crippen LogP contribution in [0.15, 0.2) is 47.4 Å². The SMILES string of the molecule is Cc1ccc2c(c1)SC(CC(=O)Nc1ccc(N3CCOCC3)cc1)C(=O)N2. The molecule has 4 rings (SSSR count). The van der Waals surface area contributed by atoms with Crippen LogP contribution in [-0.2, 0) is 14.3 Å². The number of aryl methyl sites for hydroxylation is 1. The van der Waals surface area contributed by atoms with Crippen molar-refractivity contribution < 1.29 is 14.3 Å². The van der Waals surface area contributed by atoms with E-state index in [1.165, 1.54) is 11.8 Å². The Kier molecular flexibility index (Phi) is 5.54. The summed E-state index contributed by atoms with van der Waals surface area (Å²) in [6.07, 6.45) is 0.134. The summed E-state index contributed by atoms with van der Waals surface area (Å²) in [5, 5.41) is 5.37. The molecule has 28 heavy (non-hydrogen) atoms. The highest BCUT2D eigenvalue weighted by Crippen LogP contribution is 2.37. The van der Waals surface area contributed by atoms with Crippen molar-refractivity contribution in [3.05, 3.63) is 48.0 Å². The Morgan fingerprint density at radius 3 is 2.71 bits per heavy atom. The van der Waals surface area contributed by atoms with Gasteiger partial charge in [0.1, 0.15) is 0 Å². The van der Waals surface area contributed by atoms with Gasteiger partial charge in [0.25, 0.3) is 0 Å². The fourth-order valence-corrected chi connectivity index (χ4v) is 4.55. The highest BCUT2D eigenvalue weighted by molar-refractivity contribution is 8.01. The maximum Gasteiger partial charge on any atom is 0.238 e. The summed E-state index contributed by atoms with van der Waals surface area (Å²) >= 11 is 1.45. The van der Waals surface area contributed by atoms with E-state index in [0.717, 1.165) is 53.8 Å². The number of fused-ring (bicyclic) bond motifs is 1. The molecule has 2 heterocycles. The highest BCUT2D eigenvalue weighted by atomic mass is 32.2. The Bertz CT molecular complexity index is 879. The largest absolute Gasteiger partial charge is 0.378 e. The first-order valence-corrected chi connectivity index (χ1v) is 10.3. The molecule has 2 amide bonds. The van der Waals surface area contributed by atoms with Crippen molar-refractivity contribution in [1.82, 2.24) is 0 Å². The lowest BCUT2D eigenvalue weighted by Gasteiger charge is -2.29. The van der Waals surface area contributed by atoms with E-state index in [1.807, 2.05) is 49.4 Å². The molecule has 2 aromatic rings. The summed E-state index contributed by atoms with van der Waals surface area (Å²) in [5.41, 5.74) is 3.80. The minimum absolute atomic E-state index is 0.126. The molecule has 2 aliphatic heterocycles. The number of hydrogen-bond acceptors (Lipinski definition) is 5. The summed E-state index contributed by atoms with van der Waals surface area (Å²) in [6, 6.07) is 13.7. The van der Waals surface area contributed by atoms with Crippen LogP contribution in [0.5, 0.6) is 0 Å². The lowest BCUT2D eigenvalue weighted by Crippen LogP contribution is -2.36. The molecule has 0 bridgehead atoms. The van der Waals surface area contributed by atoms with Gasteiger partial charge in [-0.3, -0.25) is 9.59 Å². The third-order valence-electron chi connectivity index (χ3n) is 4.85. The van der Waals surface area contributed by atoms with Gasteiger partial charge in [0.2, 0.25) is 11.8 Å². The first kappa shape index (κ1) is 18.8. The molecule has 146 valence electrons. The first-order valence-electron chi connectivity index (χ1n) is 9.39. The number of ether oxygens (including phenoxy) is 1. The molecule has 2 aliphatic rings. The van der Waals surface area contributed by atoms with E-state index in [-0.39, 0.29) is 18.2 Å². The van der Waals surface area contributed by atoms with E-state index in [4.69, 9.17) is 4.74 Å². The summed E-state index contributed by atoms with van der Waals surface area (Å²) in [4.78, 5) is 28.1. The van der Waals surface area contributed by atoms with Crippen LogP contribution in [0, 0.1) is 6.92 Å². The standard InChI is InChI=1S/C21H23N3O3S/c1-14-2-7-17-18(12-14)28-19(21(26)23-17)13-20(25)22-15-3-5-16(6-4-15)24-8-10-27-11-9-24/h2-7,12,19H,8-11,13H2,1H3,(H,22,25)(H,23,26). The minimum Gasteiger partial charge on any atom is -0.378 e. The van der Waals surface area contributed by atoms with Crippen molar-refractivity contribution in [3.8, 4) is 0 Å². The summed E-state index contributed by atoms with van der Waals surface area (Å²) in [6.45, 7) is 5.24. The number of carbonyl (C=O) groups excluding carboxylic acids is 2. The normalized spacial score (nSPS) is 19.0. The zero-order valence-electron chi connectivity index (χ0n) is 15.7. The number of rotatable bonds is 4. The molecular weight excluding hydrogens is 374 g/mol. The summed E-state index contributed by atoms with van der Waals surface area (Å²) in [7, 11) is 0. The van der Waals surface area contributed by atoms with Crippen LogP contribution in [0.4, 0.5) is 17.1 Å². The van der Waals surface area contributed by atoms with Crippen LogP contribution in [-0.4, -0.2) is 43.4 Å². The second-order valence-corrected chi connectivity index (χ2v) is 8.24. The fraction of sp³-hybridized carbons (Fsp3) is 0.333. The fourth-order valence-electron chi connectivity index (χ4n) is 3.34. The van der Waals surface area contributed by atoms with Crippen molar-refractivity contribution in [2.75, 3.05) is 41.8 Å². The molecule has 1 fully saturated rings. The Morgan fingerprint density at radius 2 is 1.96 bits per heavy atom. The number of carbonyl (C=O) groups is 2. The second-order valence-electron chi connectivity index (χ2n) is 6.99. The molecule has 0 saturated carbocycles. The Labute approximate surface area is 168 Å². The Morgan fingerprint density at radius 1 is 1.21 bits per heavy atom. The van der Waals surface area contributed by atoms with Crippen molar-refractivity contribution >= 4 is 40.6 Å². The number of nitrogens with one attached hydrogen (secondary N) is 2. The smallest absolute Gasteiger partial charge is 0.238 e. The molecule has 0 aromatic heterocycles. The number of morpholine rings is 1. The number of thioether (sulfide) groups is 1. The summed E-state index contributed by atoms with van der Waals surface area (Å²) in [5.74, 6) is -0.290. The van der Waals surface area contributed by atoms with Crippen LogP contribution in [0.25, 0.3) is 0 Å². The molecule has 7 heteroatoms. The molecule has 0 aliphatic carbocycles. The van der Waals surface area contributed by atoms with E-state index in [0.29, 0.717) is 0 Å². The van der Waals surface area contributed by atoms with Crippen molar-refractivity contribution in [3.63, 3.8) is 0 Å². The average Bonchev–Trinajstić information content (AvgIpc) is 2.70. The molecule has 0 radical (unpaired) electrons. The van der Waals surface area contributed by atoms with Gasteiger partial charge >= 0.3 is 0 Å². The van der Waals surface area contributed by atoms with Crippen molar-refractivity contribution in [2.45, 2.75) is 23.5 Å². The van der Waals surface area contributed by atoms with Gasteiger partial charge in [-0.2, -0.15) is 0 Å². The number of amides is 2. The van der Waals surface area contributed by atoms with E-state index >= 15 is 0 Å². The Balaban J connectivity index is 1.35. The topological polar surface area (TPSA) is 70.7 Å². The van der Waals surface area contributed by atoms with Gasteiger partial charge in [0.15, 0.2) is 0 Å². The molecule has 2 N–H and O–H groups in total. The quantitative estimate of drug-likeness (QED) is 0.829. The van der Waals surface area contributed by atoms with E-state index in [2.05, 4.69) is 15.5 Å². The first-order chi connectivity index (χ1) is 13.6. The van der Waals surface area contributed by atoms with Gasteiger partial charge in [0, 0.05) is 35.8 Å². The van der Waals surface area contributed by atoms with Crippen LogP contribution in [0.2, 0.25) is 0 Å². The van der Waals surface area contributed by atoms with Gasteiger partial charge in [-0.25, -0.2) is 0 Å². The van der Waals surface area contributed by atoms with Gasteiger partial charge in [-0.1, -0.05) is 6.07 Å². The van der Waals surface area contributed by atoms with Gasteiger partial charge in [0.05, 0.1) is 24.2 Å². The minimum atomic E-state index is -0.429. The lowest BCUT2D eigenvalue weighted by molar-refractivity contribution is -0.120. The van der Waals surface area contributed by atoms with Crippen molar-refractivity contribution in [1.29, 1.82) is 0 Å². The average molecular weight is 398 g/mol. The van der Waals surface area contributed by atoms with Crippen molar-refractivity contribution in [2.24, 2.45) is 0 Å². The van der Waals surface area contributed by atoms with Gasteiger partial charge < -0.3 is 20.3 Å². The van der Waals surface area contributed by atoms with E-state index in [1.54, 1.807) is 0 Å². The summed E-state index contributed by atoms with van der Waals surface area (Å²) < 4.78 is 5.37. The predicted molar refractivity (Wildman–Crippen MR) is 112 cm³/mol. The zero-order valence-corrected chi connectivity index (χ0v) is 16.6. The number of anilines is 3. The second kappa shape index (κ2) is 8.24. The van der Waals surface area contributed by atoms with Gasteiger partial charge in [-0.05, 0) is 48.9 Å². The van der Waals surface area contributed by atoms with Crippen LogP contribution < -0.4 is 15.5 Å². The third kappa shape index (κ3) is 4.31. The number of benzene rings is 2. The third-order valence-corrected chi connectivity index (χ3v) is 6.11. The van der Waals surface area contributed by atoms with Crippen LogP contribution >= 0.6 is 11.8 Å². The number of hydrogen-bond donors (Lipinski definition) is 2. The molecule has 1 unspecified atom stereocenters. The molecule has 1 atom stereocenters. The Hall–Kier alpha value is -2.51. The molecule has 1 saturated heterocycles. The van der Waals surface area contributed by atoms with E-state index < -0.39 is 5.25 Å². The molecule has 6 nitrogen and oxygen atoms in total. The number of nitrogens with zero attached hydrogens (tertiary/aromatic N) is 1. The maximum absolute atomic E-state index is 12.5. The zero-order chi connectivity index (χ0) is 19.5. The van der Waals surface area contributed by atoms with Gasteiger partial charge in [-0.15, -0.1) is 11.8 Å². The highest BCUT2D eigenvalue weighted by Gasteiger charge is 2.29. The van der Waals surface area contributed by atoms with Crippen LogP contribution in [0.1, 0.15) is 12.0 Å². The predicted octanol–water partition coefficient (Wildman–Crippen LogP) is 3.27. The lowest BCUT2D eigenvalue weighted by atomic mass is 10.2. The van der Waals surface area contributed by atoms with Crippen LogP contribution in [0.3, 0.4) is 0 Å². The molecular formula is C21H23N3O3S. The van der Waals surface area contributed by atoms with E-state index in [9.17, 15) is 9.59 Å². The molecule has 0 spiro atoms. The monoisotopic (exact) mass is 397 g/mol. The maximum atomic E-state index is 12.5.